The van der Waals surface area contributed by atoms with Crippen LogP contribution in [0, 0.1) is 10.1 Å². The van der Waals surface area contributed by atoms with E-state index in [4.69, 9.17) is 21.2 Å². The van der Waals surface area contributed by atoms with Gasteiger partial charge in [-0.3, -0.25) is 29.3 Å². The molecule has 1 fully saturated rings. The number of amides is 4. The van der Waals surface area contributed by atoms with Crippen LogP contribution in [-0.2, 0) is 40.2 Å². The first-order valence-electron chi connectivity index (χ1n) is 12.1. The maximum absolute atomic E-state index is 13.2. The number of oxime groups is 1. The van der Waals surface area contributed by atoms with Crippen molar-refractivity contribution >= 4 is 69.1 Å². The number of non-ortho nitro benzene ring substituents is 1. The van der Waals surface area contributed by atoms with Gasteiger partial charge in [-0.1, -0.05) is 5.16 Å². The zero-order chi connectivity index (χ0) is 31.0. The van der Waals surface area contributed by atoms with Crippen LogP contribution in [0.15, 0.2) is 34.8 Å². The van der Waals surface area contributed by atoms with Gasteiger partial charge in [0.2, 0.25) is 23.3 Å². The van der Waals surface area contributed by atoms with E-state index < -0.39 is 52.0 Å². The highest BCUT2D eigenvalue weighted by Crippen LogP contribution is 2.20. The summed E-state index contributed by atoms with van der Waals surface area (Å²) < 4.78 is 5.25. The van der Waals surface area contributed by atoms with Crippen molar-refractivity contribution < 1.29 is 38.5 Å². The summed E-state index contributed by atoms with van der Waals surface area (Å²) in [6, 6.07) is 3.79. The average molecular weight is 624 g/mol. The lowest BCUT2D eigenvalue weighted by Gasteiger charge is -2.37. The fourth-order valence-electron chi connectivity index (χ4n) is 3.27. The Morgan fingerprint density at radius 2 is 1.93 bits per heavy atom. The molecule has 1 aliphatic heterocycles. The predicted molar refractivity (Wildman–Crippen MR) is 149 cm³/mol. The van der Waals surface area contributed by atoms with Gasteiger partial charge in [0.05, 0.1) is 11.0 Å². The molecule has 0 spiro atoms. The molecule has 1 aromatic carbocycles. The Balaban J connectivity index is 1.76. The number of esters is 1. The molecule has 2 aromatic rings. The van der Waals surface area contributed by atoms with Crippen LogP contribution in [0.1, 0.15) is 32.0 Å². The van der Waals surface area contributed by atoms with Crippen molar-refractivity contribution in [1.29, 1.82) is 0 Å². The van der Waals surface area contributed by atoms with Gasteiger partial charge in [-0.2, -0.15) is 0 Å². The molecule has 1 aliphatic rings. The highest BCUT2D eigenvalue weighted by atomic mass is 35.5. The molecule has 0 aliphatic carbocycles. The summed E-state index contributed by atoms with van der Waals surface area (Å²) in [6.07, 6.45) is 0. The highest BCUT2D eigenvalue weighted by Gasteiger charge is 2.41. The van der Waals surface area contributed by atoms with Crippen LogP contribution >= 0.6 is 22.9 Å². The number of thiazole rings is 1. The van der Waals surface area contributed by atoms with E-state index in [1.54, 1.807) is 0 Å². The van der Waals surface area contributed by atoms with Gasteiger partial charge in [0.15, 0.2) is 10.8 Å². The third-order valence-electron chi connectivity index (χ3n) is 5.57. The van der Waals surface area contributed by atoms with Crippen LogP contribution < -0.4 is 21.3 Å². The molecule has 224 valence electrons. The lowest BCUT2D eigenvalue weighted by atomic mass is 9.98. The number of nitrogens with one attached hydrogen (secondary N) is 4. The summed E-state index contributed by atoms with van der Waals surface area (Å²) in [5.74, 6) is -3.46. The number of nitro groups is 1. The second-order valence-corrected chi connectivity index (χ2v) is 10.4. The van der Waals surface area contributed by atoms with E-state index in [1.165, 1.54) is 50.4 Å². The largest absolute Gasteiger partial charge is 0.458 e. The number of anilines is 1. The number of β-lactam (4-membered cyclic amide) rings is 1. The van der Waals surface area contributed by atoms with Crippen molar-refractivity contribution in [2.24, 2.45) is 5.16 Å². The zero-order valence-electron chi connectivity index (χ0n) is 22.5. The van der Waals surface area contributed by atoms with E-state index in [2.05, 4.69) is 31.4 Å². The zero-order valence-corrected chi connectivity index (χ0v) is 24.0. The van der Waals surface area contributed by atoms with Gasteiger partial charge in [0.25, 0.3) is 11.6 Å². The maximum atomic E-state index is 13.2. The normalized spacial score (nSPS) is 16.4. The topological polar surface area (TPSA) is 220 Å². The first-order chi connectivity index (χ1) is 19.8. The van der Waals surface area contributed by atoms with E-state index >= 15 is 0 Å². The van der Waals surface area contributed by atoms with Crippen LogP contribution in [0.25, 0.3) is 0 Å². The third-order valence-corrected chi connectivity index (χ3v) is 6.57. The van der Waals surface area contributed by atoms with Gasteiger partial charge in [-0.25, -0.2) is 9.78 Å². The molecular weight excluding hydrogens is 598 g/mol. The number of aromatic nitrogens is 1. The van der Waals surface area contributed by atoms with E-state index in [9.17, 15) is 34.1 Å². The number of hydrogen-bond donors (Lipinski definition) is 4. The SMILES string of the molecule is CC(=O)NCC1NC(=O)C1NC(=O)C(=NOC(C)(C)C(=O)OCc1ccc([N+](=O)[O-])cc1)c1csc(NC(=O)CCl)n1. The van der Waals surface area contributed by atoms with Crippen molar-refractivity contribution in [2.45, 2.75) is 45.1 Å². The average Bonchev–Trinajstić information content (AvgIpc) is 3.40. The molecule has 2 atom stereocenters. The fourth-order valence-corrected chi connectivity index (χ4v) is 4.05. The molecule has 16 nitrogen and oxygen atoms in total. The first-order valence-corrected chi connectivity index (χ1v) is 13.6. The van der Waals surface area contributed by atoms with Crippen molar-refractivity contribution in [3.05, 3.63) is 51.0 Å². The molecular formula is C24H26ClN7O9S. The summed E-state index contributed by atoms with van der Waals surface area (Å²) in [7, 11) is 0. The van der Waals surface area contributed by atoms with Crippen LogP contribution in [0.3, 0.4) is 0 Å². The van der Waals surface area contributed by atoms with Crippen molar-refractivity contribution in [3.8, 4) is 0 Å². The Bertz CT molecular complexity index is 1410. The fraction of sp³-hybridized carbons (Fsp3) is 0.375. The molecule has 1 aromatic heterocycles. The van der Waals surface area contributed by atoms with Crippen molar-refractivity contribution in [1.82, 2.24) is 20.9 Å². The van der Waals surface area contributed by atoms with Crippen LogP contribution in [0.2, 0.25) is 0 Å². The van der Waals surface area contributed by atoms with Gasteiger partial charge < -0.3 is 30.8 Å². The smallest absolute Gasteiger partial charge is 0.353 e. The van der Waals surface area contributed by atoms with E-state index in [-0.39, 0.29) is 41.5 Å². The Hall–Kier alpha value is -4.64. The molecule has 4 amide bonds. The Morgan fingerprint density at radius 3 is 2.52 bits per heavy atom. The Morgan fingerprint density at radius 1 is 1.24 bits per heavy atom. The quantitative estimate of drug-likeness (QED) is 0.0607. The highest BCUT2D eigenvalue weighted by molar-refractivity contribution is 7.14. The number of hydrogen-bond acceptors (Lipinski definition) is 12. The second-order valence-electron chi connectivity index (χ2n) is 9.26. The molecule has 3 rings (SSSR count). The maximum Gasteiger partial charge on any atom is 0.353 e. The molecule has 2 unspecified atom stereocenters. The molecule has 2 heterocycles. The lowest BCUT2D eigenvalue weighted by Crippen LogP contribution is -2.72. The van der Waals surface area contributed by atoms with Crippen LogP contribution in [0.4, 0.5) is 10.8 Å². The minimum absolute atomic E-state index is 0.0458. The summed E-state index contributed by atoms with van der Waals surface area (Å²) in [6.45, 7) is 3.81. The number of benzene rings is 1. The second kappa shape index (κ2) is 13.8. The molecule has 18 heteroatoms. The van der Waals surface area contributed by atoms with Crippen LogP contribution in [-0.4, -0.2) is 75.3 Å². The van der Waals surface area contributed by atoms with Gasteiger partial charge in [-0.15, -0.1) is 22.9 Å². The molecule has 0 radical (unpaired) electrons. The third kappa shape index (κ3) is 8.43. The summed E-state index contributed by atoms with van der Waals surface area (Å²) >= 11 is 6.47. The number of nitro benzene ring substituents is 1. The number of alkyl halides is 1. The summed E-state index contributed by atoms with van der Waals surface area (Å²) in [5.41, 5.74) is -1.83. The number of ether oxygens (including phenoxy) is 1. The van der Waals surface area contributed by atoms with E-state index in [0.717, 1.165) is 11.3 Å². The standard InChI is InChI=1S/C24H26ClN7O9S/c1-12(33)26-9-15-18(20(35)27-15)30-21(36)19(16-11-42-23(28-16)29-17(34)8-25)31-41-24(2,3)22(37)40-10-13-4-6-14(7-5-13)32(38)39/h4-7,11,15,18H,8-10H2,1-3H3,(H,26,33)(H,27,35)(H,30,36)(H,28,29,34). The van der Waals surface area contributed by atoms with Crippen molar-refractivity contribution in [3.63, 3.8) is 0 Å². The van der Waals surface area contributed by atoms with E-state index in [0.29, 0.717) is 5.56 Å². The molecule has 0 bridgehead atoms. The van der Waals surface area contributed by atoms with Gasteiger partial charge in [-0.05, 0) is 31.5 Å². The summed E-state index contributed by atoms with van der Waals surface area (Å²) in [5, 5.41) is 26.2. The number of nitrogens with zero attached hydrogens (tertiary/aromatic N) is 3. The lowest BCUT2D eigenvalue weighted by molar-refractivity contribution is -0.384. The Kier molecular flexibility index (Phi) is 10.5. The first kappa shape index (κ1) is 31.9. The minimum Gasteiger partial charge on any atom is -0.458 e. The molecule has 1 saturated heterocycles. The Labute approximate surface area is 247 Å². The summed E-state index contributed by atoms with van der Waals surface area (Å²) in [4.78, 5) is 80.8. The molecule has 0 saturated carbocycles. The number of halogens is 1. The van der Waals surface area contributed by atoms with Crippen LogP contribution in [0.5, 0.6) is 0 Å². The van der Waals surface area contributed by atoms with Gasteiger partial charge in [0.1, 0.15) is 24.2 Å². The predicted octanol–water partition coefficient (Wildman–Crippen LogP) is 0.591. The molecule has 42 heavy (non-hydrogen) atoms. The monoisotopic (exact) mass is 623 g/mol. The number of carbonyl (C=O) groups is 5. The minimum atomic E-state index is -1.72. The van der Waals surface area contributed by atoms with E-state index in [1.807, 2.05) is 0 Å². The van der Waals surface area contributed by atoms with Gasteiger partial charge in [0, 0.05) is 31.0 Å². The molecule has 4 N–H and O–H groups in total. The number of carbonyl (C=O) groups excluding carboxylic acids is 5. The number of rotatable bonds is 13. The van der Waals surface area contributed by atoms with Crippen molar-refractivity contribution in [2.75, 3.05) is 17.7 Å². The van der Waals surface area contributed by atoms with Gasteiger partial charge >= 0.3 is 5.97 Å².